The zero-order valence-corrected chi connectivity index (χ0v) is 11.9. The molecule has 1 saturated heterocycles. The van der Waals surface area contributed by atoms with E-state index in [-0.39, 0.29) is 11.8 Å². The highest BCUT2D eigenvalue weighted by atomic mass is 16.2. The van der Waals surface area contributed by atoms with Gasteiger partial charge in [0, 0.05) is 33.0 Å². The van der Waals surface area contributed by atoms with Crippen LogP contribution in [0.2, 0.25) is 0 Å². The first-order valence-corrected chi connectivity index (χ1v) is 7.01. The topological polar surface area (TPSA) is 49.4 Å². The van der Waals surface area contributed by atoms with Crippen LogP contribution in [0.3, 0.4) is 0 Å². The summed E-state index contributed by atoms with van der Waals surface area (Å²) < 4.78 is 0. The van der Waals surface area contributed by atoms with Crippen molar-refractivity contribution in [2.45, 2.75) is 46.0 Å². The Kier molecular flexibility index (Phi) is 6.16. The molecular weight excluding hydrogens is 228 g/mol. The molecule has 0 aliphatic carbocycles. The predicted molar refractivity (Wildman–Crippen MR) is 72.1 cm³/mol. The minimum atomic E-state index is 0.111. The molecule has 0 unspecified atom stereocenters. The summed E-state index contributed by atoms with van der Waals surface area (Å²) in [4.78, 5) is 25.2. The largest absolute Gasteiger partial charge is 0.359 e. The second kappa shape index (κ2) is 7.39. The molecule has 1 aliphatic rings. The van der Waals surface area contributed by atoms with Gasteiger partial charge < -0.3 is 10.2 Å². The van der Waals surface area contributed by atoms with Gasteiger partial charge in [-0.3, -0.25) is 9.59 Å². The minimum Gasteiger partial charge on any atom is -0.359 e. The van der Waals surface area contributed by atoms with Gasteiger partial charge in [0.25, 0.3) is 0 Å². The fourth-order valence-corrected chi connectivity index (χ4v) is 2.32. The van der Waals surface area contributed by atoms with Crippen LogP contribution in [-0.2, 0) is 9.59 Å². The van der Waals surface area contributed by atoms with Gasteiger partial charge in [-0.15, -0.1) is 0 Å². The molecule has 0 spiro atoms. The Morgan fingerprint density at radius 2 is 1.89 bits per heavy atom. The Balaban J connectivity index is 2.26. The lowest BCUT2D eigenvalue weighted by atomic mass is 9.93. The Bertz CT molecular complexity index is 282. The molecule has 0 saturated carbocycles. The number of amides is 2. The van der Waals surface area contributed by atoms with E-state index in [1.807, 2.05) is 4.90 Å². The van der Waals surface area contributed by atoms with E-state index in [0.717, 1.165) is 32.4 Å². The van der Waals surface area contributed by atoms with Crippen LogP contribution in [0, 0.1) is 11.8 Å². The van der Waals surface area contributed by atoms with E-state index in [1.165, 1.54) is 0 Å². The molecule has 0 aromatic rings. The highest BCUT2D eigenvalue weighted by Gasteiger charge is 2.23. The monoisotopic (exact) mass is 254 g/mol. The SMILES string of the molecule is CNC(=O)CC1CCN(C(=O)CCC(C)C)CC1. The van der Waals surface area contributed by atoms with Gasteiger partial charge in [-0.05, 0) is 31.1 Å². The van der Waals surface area contributed by atoms with Crippen LogP contribution in [0.25, 0.3) is 0 Å². The summed E-state index contributed by atoms with van der Waals surface area (Å²) in [5.74, 6) is 1.42. The van der Waals surface area contributed by atoms with Crippen LogP contribution in [0.15, 0.2) is 0 Å². The number of hydrogen-bond acceptors (Lipinski definition) is 2. The van der Waals surface area contributed by atoms with Crippen molar-refractivity contribution in [1.82, 2.24) is 10.2 Å². The highest BCUT2D eigenvalue weighted by Crippen LogP contribution is 2.21. The molecule has 1 fully saturated rings. The van der Waals surface area contributed by atoms with E-state index in [9.17, 15) is 9.59 Å². The summed E-state index contributed by atoms with van der Waals surface area (Å²) in [6.07, 6.45) is 4.15. The summed E-state index contributed by atoms with van der Waals surface area (Å²) in [6, 6.07) is 0. The van der Waals surface area contributed by atoms with Gasteiger partial charge in [0.1, 0.15) is 0 Å². The van der Waals surface area contributed by atoms with Crippen LogP contribution >= 0.6 is 0 Å². The van der Waals surface area contributed by atoms with Crippen LogP contribution in [-0.4, -0.2) is 36.9 Å². The summed E-state index contributed by atoms with van der Waals surface area (Å²) in [6.45, 7) is 5.92. The summed E-state index contributed by atoms with van der Waals surface area (Å²) in [7, 11) is 1.67. The van der Waals surface area contributed by atoms with Crippen molar-refractivity contribution in [3.8, 4) is 0 Å². The van der Waals surface area contributed by atoms with E-state index in [2.05, 4.69) is 19.2 Å². The van der Waals surface area contributed by atoms with Crippen LogP contribution in [0.5, 0.6) is 0 Å². The van der Waals surface area contributed by atoms with Gasteiger partial charge in [0.15, 0.2) is 0 Å². The number of carbonyl (C=O) groups excluding carboxylic acids is 2. The maximum absolute atomic E-state index is 11.9. The van der Waals surface area contributed by atoms with Crippen molar-refractivity contribution in [2.75, 3.05) is 20.1 Å². The molecule has 18 heavy (non-hydrogen) atoms. The number of piperidine rings is 1. The number of likely N-dealkylation sites (tertiary alicyclic amines) is 1. The molecular formula is C14H26N2O2. The zero-order chi connectivity index (χ0) is 13.5. The average molecular weight is 254 g/mol. The molecule has 1 rings (SSSR count). The number of rotatable bonds is 5. The lowest BCUT2D eigenvalue weighted by molar-refractivity contribution is -0.133. The molecule has 0 aromatic carbocycles. The molecule has 1 N–H and O–H groups in total. The number of nitrogens with one attached hydrogen (secondary N) is 1. The quantitative estimate of drug-likeness (QED) is 0.813. The molecule has 0 radical (unpaired) electrons. The first-order valence-electron chi connectivity index (χ1n) is 7.01. The maximum Gasteiger partial charge on any atom is 0.222 e. The number of hydrogen-bond donors (Lipinski definition) is 1. The van der Waals surface area contributed by atoms with Gasteiger partial charge in [-0.2, -0.15) is 0 Å². The van der Waals surface area contributed by atoms with Crippen molar-refractivity contribution in [2.24, 2.45) is 11.8 Å². The molecule has 0 aromatic heterocycles. The molecule has 0 atom stereocenters. The van der Waals surface area contributed by atoms with Gasteiger partial charge >= 0.3 is 0 Å². The second-order valence-electron chi connectivity index (χ2n) is 5.63. The van der Waals surface area contributed by atoms with Gasteiger partial charge in [-0.25, -0.2) is 0 Å². The van der Waals surface area contributed by atoms with E-state index >= 15 is 0 Å². The lowest BCUT2D eigenvalue weighted by Crippen LogP contribution is -2.39. The second-order valence-corrected chi connectivity index (χ2v) is 5.63. The predicted octanol–water partition coefficient (Wildman–Crippen LogP) is 1.80. The standard InChI is InChI=1S/C14H26N2O2/c1-11(2)4-5-14(18)16-8-6-12(7-9-16)10-13(17)15-3/h11-12H,4-10H2,1-3H3,(H,15,17). The normalized spacial score (nSPS) is 17.0. The van der Waals surface area contributed by atoms with Crippen molar-refractivity contribution in [3.63, 3.8) is 0 Å². The fourth-order valence-electron chi connectivity index (χ4n) is 2.32. The first-order chi connectivity index (χ1) is 8.52. The van der Waals surface area contributed by atoms with Crippen LogP contribution < -0.4 is 5.32 Å². The third kappa shape index (κ3) is 5.07. The summed E-state index contributed by atoms with van der Waals surface area (Å²) in [5.41, 5.74) is 0. The molecule has 4 nitrogen and oxygen atoms in total. The minimum absolute atomic E-state index is 0.111. The van der Waals surface area contributed by atoms with E-state index in [1.54, 1.807) is 7.05 Å². The highest BCUT2D eigenvalue weighted by molar-refractivity contribution is 5.77. The Hall–Kier alpha value is -1.06. The van der Waals surface area contributed by atoms with Crippen molar-refractivity contribution < 1.29 is 9.59 Å². The molecule has 2 amide bonds. The number of carbonyl (C=O) groups is 2. The fraction of sp³-hybridized carbons (Fsp3) is 0.857. The van der Waals surface area contributed by atoms with Gasteiger partial charge in [-0.1, -0.05) is 13.8 Å². The van der Waals surface area contributed by atoms with Gasteiger partial charge in [0.05, 0.1) is 0 Å². The van der Waals surface area contributed by atoms with Crippen LogP contribution in [0.1, 0.15) is 46.0 Å². The smallest absolute Gasteiger partial charge is 0.222 e. The van der Waals surface area contributed by atoms with Crippen molar-refractivity contribution >= 4 is 11.8 Å². The molecule has 104 valence electrons. The first kappa shape index (κ1) is 15.0. The summed E-state index contributed by atoms with van der Waals surface area (Å²) >= 11 is 0. The van der Waals surface area contributed by atoms with Crippen molar-refractivity contribution in [1.29, 1.82) is 0 Å². The molecule has 4 heteroatoms. The maximum atomic E-state index is 11.9. The zero-order valence-electron chi connectivity index (χ0n) is 11.9. The average Bonchev–Trinajstić information content (AvgIpc) is 2.36. The number of nitrogens with zero attached hydrogens (tertiary/aromatic N) is 1. The molecule has 1 heterocycles. The van der Waals surface area contributed by atoms with E-state index in [0.29, 0.717) is 24.7 Å². The third-order valence-corrected chi connectivity index (χ3v) is 3.66. The van der Waals surface area contributed by atoms with E-state index in [4.69, 9.17) is 0 Å². The molecule has 1 aliphatic heterocycles. The summed E-state index contributed by atoms with van der Waals surface area (Å²) in [5, 5.41) is 2.66. The molecule has 0 bridgehead atoms. The third-order valence-electron chi connectivity index (χ3n) is 3.66. The van der Waals surface area contributed by atoms with Crippen LogP contribution in [0.4, 0.5) is 0 Å². The Labute approximate surface area is 110 Å². The lowest BCUT2D eigenvalue weighted by Gasteiger charge is -2.32. The Morgan fingerprint density at radius 1 is 1.28 bits per heavy atom. The van der Waals surface area contributed by atoms with Crippen molar-refractivity contribution in [3.05, 3.63) is 0 Å². The van der Waals surface area contributed by atoms with Gasteiger partial charge in [0.2, 0.25) is 11.8 Å². The van der Waals surface area contributed by atoms with E-state index < -0.39 is 0 Å². The Morgan fingerprint density at radius 3 is 2.39 bits per heavy atom.